The van der Waals surface area contributed by atoms with E-state index >= 15 is 0 Å². The third-order valence-corrected chi connectivity index (χ3v) is 4.48. The van der Waals surface area contributed by atoms with Crippen LogP contribution in [-0.2, 0) is 12.0 Å². The van der Waals surface area contributed by atoms with Crippen molar-refractivity contribution in [1.82, 2.24) is 20.8 Å². The molecule has 0 aliphatic rings. The van der Waals surface area contributed by atoms with E-state index in [2.05, 4.69) is 75.2 Å². The van der Waals surface area contributed by atoms with E-state index < -0.39 is 0 Å². The molecular formula is C22H29N5O. The average molecular weight is 380 g/mol. The van der Waals surface area contributed by atoms with Crippen molar-refractivity contribution in [3.63, 3.8) is 0 Å². The fourth-order valence-corrected chi connectivity index (χ4v) is 3.00. The van der Waals surface area contributed by atoms with E-state index in [0.29, 0.717) is 18.3 Å². The van der Waals surface area contributed by atoms with Crippen LogP contribution in [0.2, 0.25) is 0 Å². The zero-order valence-corrected chi connectivity index (χ0v) is 17.3. The van der Waals surface area contributed by atoms with Crippen molar-refractivity contribution >= 4 is 16.7 Å². The molecule has 0 spiro atoms. The highest BCUT2D eigenvalue weighted by molar-refractivity contribution is 5.87. The Morgan fingerprint density at radius 3 is 2.61 bits per heavy atom. The first kappa shape index (κ1) is 19.9. The first-order chi connectivity index (χ1) is 13.4. The summed E-state index contributed by atoms with van der Waals surface area (Å²) in [6.07, 6.45) is 0. The molecule has 1 unspecified atom stereocenters. The summed E-state index contributed by atoms with van der Waals surface area (Å²) < 4.78 is 5.35. The molecule has 0 fully saturated rings. The summed E-state index contributed by atoms with van der Waals surface area (Å²) in [7, 11) is 0. The first-order valence-electron chi connectivity index (χ1n) is 9.74. The van der Waals surface area contributed by atoms with Gasteiger partial charge in [0.15, 0.2) is 11.8 Å². The number of rotatable bonds is 5. The third kappa shape index (κ3) is 4.68. The van der Waals surface area contributed by atoms with Gasteiger partial charge >= 0.3 is 0 Å². The van der Waals surface area contributed by atoms with Crippen LogP contribution >= 0.6 is 0 Å². The topological polar surface area (TPSA) is 75.3 Å². The van der Waals surface area contributed by atoms with Crippen molar-refractivity contribution in [3.05, 3.63) is 59.7 Å². The average Bonchev–Trinajstić information content (AvgIpc) is 3.15. The number of nitrogens with zero attached hydrogens (tertiary/aromatic N) is 3. The molecule has 28 heavy (non-hydrogen) atoms. The van der Waals surface area contributed by atoms with Gasteiger partial charge in [0.25, 0.3) is 0 Å². The highest BCUT2D eigenvalue weighted by Gasteiger charge is 2.21. The van der Waals surface area contributed by atoms with E-state index in [-0.39, 0.29) is 11.5 Å². The molecule has 2 aromatic carbocycles. The largest absolute Gasteiger partial charge is 0.357 e. The molecule has 3 rings (SSSR count). The fraction of sp³-hybridized carbons (Fsp3) is 0.409. The van der Waals surface area contributed by atoms with Crippen molar-refractivity contribution < 1.29 is 4.52 Å². The highest BCUT2D eigenvalue weighted by atomic mass is 16.5. The molecule has 2 N–H and O–H groups in total. The van der Waals surface area contributed by atoms with E-state index in [1.807, 2.05) is 27.7 Å². The van der Waals surface area contributed by atoms with Crippen molar-refractivity contribution in [3.8, 4) is 0 Å². The molecule has 0 amide bonds. The summed E-state index contributed by atoms with van der Waals surface area (Å²) in [6.45, 7) is 11.5. The quantitative estimate of drug-likeness (QED) is 0.509. The molecule has 0 bridgehead atoms. The second-order valence-corrected chi connectivity index (χ2v) is 7.90. The number of benzene rings is 2. The Morgan fingerprint density at radius 1 is 1.14 bits per heavy atom. The normalized spacial score (nSPS) is 13.5. The Labute approximate surface area is 166 Å². The summed E-state index contributed by atoms with van der Waals surface area (Å²) in [5.74, 6) is 1.93. The van der Waals surface area contributed by atoms with Gasteiger partial charge in [0.1, 0.15) is 6.54 Å². The van der Waals surface area contributed by atoms with Crippen LogP contribution in [0.4, 0.5) is 0 Å². The molecule has 0 aliphatic heterocycles. The fourth-order valence-electron chi connectivity index (χ4n) is 3.00. The number of hydrogen-bond donors (Lipinski definition) is 2. The Balaban J connectivity index is 1.76. The van der Waals surface area contributed by atoms with Crippen LogP contribution in [0.25, 0.3) is 10.8 Å². The number of nitrogens with one attached hydrogen (secondary N) is 2. The van der Waals surface area contributed by atoms with Crippen LogP contribution in [0.3, 0.4) is 0 Å². The maximum absolute atomic E-state index is 5.35. The van der Waals surface area contributed by atoms with Gasteiger partial charge in [-0.05, 0) is 30.2 Å². The Bertz CT molecular complexity index is 949. The van der Waals surface area contributed by atoms with Gasteiger partial charge in [0.2, 0.25) is 5.89 Å². The maximum atomic E-state index is 5.35. The maximum Gasteiger partial charge on any atom is 0.232 e. The Kier molecular flexibility index (Phi) is 5.97. The summed E-state index contributed by atoms with van der Waals surface area (Å²) in [5, 5.41) is 13.3. The molecule has 3 aromatic rings. The van der Waals surface area contributed by atoms with Gasteiger partial charge < -0.3 is 15.2 Å². The monoisotopic (exact) mass is 379 g/mol. The lowest BCUT2D eigenvalue weighted by atomic mass is 9.97. The summed E-state index contributed by atoms with van der Waals surface area (Å²) >= 11 is 0. The summed E-state index contributed by atoms with van der Waals surface area (Å²) in [4.78, 5) is 9.09. The standard InChI is InChI=1S/C22H29N5O/c1-6-23-21(24-14-19-26-20(28-27-19)22(3,4)5)25-15(2)17-13-9-11-16-10-7-8-12-18(16)17/h7-13,15H,6,14H2,1-5H3,(H2,23,24,25). The summed E-state index contributed by atoms with van der Waals surface area (Å²) in [6, 6.07) is 14.9. The lowest BCUT2D eigenvalue weighted by molar-refractivity contribution is 0.318. The van der Waals surface area contributed by atoms with E-state index in [9.17, 15) is 0 Å². The van der Waals surface area contributed by atoms with Crippen LogP contribution < -0.4 is 10.6 Å². The minimum Gasteiger partial charge on any atom is -0.357 e. The van der Waals surface area contributed by atoms with Crippen molar-refractivity contribution in [2.24, 2.45) is 4.99 Å². The van der Waals surface area contributed by atoms with Gasteiger partial charge in [0.05, 0.1) is 6.04 Å². The predicted octanol–water partition coefficient (Wildman–Crippen LogP) is 4.34. The van der Waals surface area contributed by atoms with Gasteiger partial charge in [0, 0.05) is 12.0 Å². The van der Waals surface area contributed by atoms with Gasteiger partial charge in [-0.1, -0.05) is 68.4 Å². The smallest absolute Gasteiger partial charge is 0.232 e. The molecule has 6 nitrogen and oxygen atoms in total. The van der Waals surface area contributed by atoms with E-state index in [0.717, 1.165) is 12.5 Å². The van der Waals surface area contributed by atoms with Crippen molar-refractivity contribution in [1.29, 1.82) is 0 Å². The molecular weight excluding hydrogens is 350 g/mol. The third-order valence-electron chi connectivity index (χ3n) is 4.48. The molecule has 0 aliphatic carbocycles. The second-order valence-electron chi connectivity index (χ2n) is 7.90. The molecule has 0 radical (unpaired) electrons. The predicted molar refractivity (Wildman–Crippen MR) is 113 cm³/mol. The van der Waals surface area contributed by atoms with Gasteiger partial charge in [-0.15, -0.1) is 0 Å². The van der Waals surface area contributed by atoms with Crippen LogP contribution in [0, 0.1) is 0 Å². The highest BCUT2D eigenvalue weighted by Crippen LogP contribution is 2.24. The first-order valence-corrected chi connectivity index (χ1v) is 9.74. The molecule has 1 heterocycles. The number of fused-ring (bicyclic) bond motifs is 1. The molecule has 0 saturated carbocycles. The Hall–Kier alpha value is -2.89. The van der Waals surface area contributed by atoms with Crippen molar-refractivity contribution in [2.75, 3.05) is 6.54 Å². The Morgan fingerprint density at radius 2 is 1.89 bits per heavy atom. The van der Waals surface area contributed by atoms with E-state index in [4.69, 9.17) is 4.52 Å². The van der Waals surface area contributed by atoms with E-state index in [1.54, 1.807) is 0 Å². The molecule has 1 aromatic heterocycles. The zero-order chi connectivity index (χ0) is 20.1. The molecule has 148 valence electrons. The zero-order valence-electron chi connectivity index (χ0n) is 17.3. The number of guanidine groups is 1. The number of aliphatic imine (C=N–C) groups is 1. The van der Waals surface area contributed by atoms with Gasteiger partial charge in [-0.3, -0.25) is 0 Å². The number of aromatic nitrogens is 2. The SMILES string of the molecule is CCNC(=NCc1noc(C(C)(C)C)n1)NC(C)c1cccc2ccccc12. The lowest BCUT2D eigenvalue weighted by Gasteiger charge is -2.19. The van der Waals surface area contributed by atoms with Crippen LogP contribution in [0.1, 0.15) is 57.9 Å². The summed E-state index contributed by atoms with van der Waals surface area (Å²) in [5.41, 5.74) is 1.07. The minimum atomic E-state index is -0.166. The second kappa shape index (κ2) is 8.42. The van der Waals surface area contributed by atoms with Crippen molar-refractivity contribution in [2.45, 2.75) is 52.6 Å². The lowest BCUT2D eigenvalue weighted by Crippen LogP contribution is -2.38. The van der Waals surface area contributed by atoms with E-state index in [1.165, 1.54) is 16.3 Å². The number of hydrogen-bond acceptors (Lipinski definition) is 4. The van der Waals surface area contributed by atoms with Crippen LogP contribution in [-0.4, -0.2) is 22.6 Å². The van der Waals surface area contributed by atoms with Crippen LogP contribution in [0.5, 0.6) is 0 Å². The van der Waals surface area contributed by atoms with Crippen LogP contribution in [0.15, 0.2) is 52.0 Å². The van der Waals surface area contributed by atoms with Gasteiger partial charge in [-0.25, -0.2) is 4.99 Å². The minimum absolute atomic E-state index is 0.0966. The molecule has 1 atom stereocenters. The molecule has 0 saturated heterocycles. The molecule has 6 heteroatoms. The van der Waals surface area contributed by atoms with Gasteiger partial charge in [-0.2, -0.15) is 4.98 Å².